The second-order valence-electron chi connectivity index (χ2n) is 4.42. The normalized spacial score (nSPS) is 11.2. The van der Waals surface area contributed by atoms with Crippen molar-refractivity contribution in [2.45, 2.75) is 11.8 Å². The lowest BCUT2D eigenvalue weighted by Gasteiger charge is -2.10. The Bertz CT molecular complexity index is 829. The third-order valence-corrected chi connectivity index (χ3v) is 3.99. The van der Waals surface area contributed by atoms with Crippen molar-refractivity contribution in [2.24, 2.45) is 0 Å². The first-order valence-corrected chi connectivity index (χ1v) is 7.35. The average Bonchev–Trinajstić information content (AvgIpc) is 2.37. The molecular weight excluding hydrogens is 318 g/mol. The number of carbonyl (C=O) groups is 1. The minimum atomic E-state index is -4.42. The van der Waals surface area contributed by atoms with Gasteiger partial charge in [-0.25, -0.2) is 13.6 Å². The molecule has 22 heavy (non-hydrogen) atoms. The Morgan fingerprint density at radius 3 is 2.27 bits per heavy atom. The molecular formula is C14H10F2O5S. The van der Waals surface area contributed by atoms with Gasteiger partial charge in [0.2, 0.25) is 0 Å². The number of aryl methyl sites for hydroxylation is 1. The highest BCUT2D eigenvalue weighted by Gasteiger charge is 2.25. The predicted octanol–water partition coefficient (Wildman–Crippen LogP) is 2.74. The average molecular weight is 328 g/mol. The molecule has 0 radical (unpaired) electrons. The first-order chi connectivity index (χ1) is 10.2. The Morgan fingerprint density at radius 1 is 1.14 bits per heavy atom. The van der Waals surface area contributed by atoms with Crippen LogP contribution in [0.5, 0.6) is 5.75 Å². The SMILES string of the molecule is Cc1ccc(S(=O)(=O)Oc2cc(F)cc(F)c2C(=O)O)cc1. The fraction of sp³-hybridized carbons (Fsp3) is 0.0714. The van der Waals surface area contributed by atoms with Gasteiger partial charge in [0.1, 0.15) is 22.1 Å². The van der Waals surface area contributed by atoms with Gasteiger partial charge in [-0.15, -0.1) is 0 Å². The number of aromatic carboxylic acids is 1. The molecule has 0 spiro atoms. The van der Waals surface area contributed by atoms with Crippen molar-refractivity contribution in [3.8, 4) is 5.75 Å². The summed E-state index contributed by atoms with van der Waals surface area (Å²) < 4.78 is 55.4. The Morgan fingerprint density at radius 2 is 1.73 bits per heavy atom. The van der Waals surface area contributed by atoms with Crippen molar-refractivity contribution < 1.29 is 31.3 Å². The summed E-state index contributed by atoms with van der Waals surface area (Å²) in [6, 6.07) is 6.30. The molecule has 0 aliphatic carbocycles. The molecule has 0 aliphatic rings. The molecule has 2 rings (SSSR count). The number of carboxylic acids is 1. The first-order valence-electron chi connectivity index (χ1n) is 5.94. The fourth-order valence-electron chi connectivity index (χ4n) is 1.69. The van der Waals surface area contributed by atoms with E-state index in [4.69, 9.17) is 5.11 Å². The number of hydrogen-bond acceptors (Lipinski definition) is 4. The van der Waals surface area contributed by atoms with Gasteiger partial charge in [-0.3, -0.25) is 0 Å². The fourth-order valence-corrected chi connectivity index (χ4v) is 2.63. The van der Waals surface area contributed by atoms with E-state index in [1.54, 1.807) is 6.92 Å². The molecule has 0 bridgehead atoms. The van der Waals surface area contributed by atoms with Gasteiger partial charge in [-0.1, -0.05) is 17.7 Å². The number of benzene rings is 2. The summed E-state index contributed by atoms with van der Waals surface area (Å²) in [6.45, 7) is 1.74. The van der Waals surface area contributed by atoms with Gasteiger partial charge in [-0.05, 0) is 19.1 Å². The van der Waals surface area contributed by atoms with E-state index in [-0.39, 0.29) is 4.90 Å². The van der Waals surface area contributed by atoms with Gasteiger partial charge in [0, 0.05) is 12.1 Å². The van der Waals surface area contributed by atoms with E-state index in [0.717, 1.165) is 5.56 Å². The lowest BCUT2D eigenvalue weighted by Crippen LogP contribution is -2.14. The van der Waals surface area contributed by atoms with Crippen LogP contribution in [-0.4, -0.2) is 19.5 Å². The van der Waals surface area contributed by atoms with Gasteiger partial charge in [0.15, 0.2) is 5.75 Å². The van der Waals surface area contributed by atoms with Gasteiger partial charge in [0.05, 0.1) is 0 Å². The third-order valence-electron chi connectivity index (χ3n) is 2.74. The van der Waals surface area contributed by atoms with E-state index in [1.165, 1.54) is 24.3 Å². The Hall–Kier alpha value is -2.48. The summed E-state index contributed by atoms with van der Waals surface area (Å²) in [4.78, 5) is 10.7. The zero-order valence-electron chi connectivity index (χ0n) is 11.2. The Balaban J connectivity index is 2.50. The molecule has 0 saturated heterocycles. The topological polar surface area (TPSA) is 80.7 Å². The molecule has 116 valence electrons. The molecule has 0 fully saturated rings. The van der Waals surface area contributed by atoms with Crippen LogP contribution < -0.4 is 4.18 Å². The molecule has 0 aromatic heterocycles. The van der Waals surface area contributed by atoms with Crippen LogP contribution in [-0.2, 0) is 10.1 Å². The highest BCUT2D eigenvalue weighted by molar-refractivity contribution is 7.87. The highest BCUT2D eigenvalue weighted by Crippen LogP contribution is 2.27. The van der Waals surface area contributed by atoms with Crippen molar-refractivity contribution in [3.63, 3.8) is 0 Å². The van der Waals surface area contributed by atoms with Crippen molar-refractivity contribution in [1.82, 2.24) is 0 Å². The molecule has 0 aliphatic heterocycles. The smallest absolute Gasteiger partial charge is 0.342 e. The molecule has 0 heterocycles. The lowest BCUT2D eigenvalue weighted by molar-refractivity contribution is 0.0690. The molecule has 0 unspecified atom stereocenters. The zero-order chi connectivity index (χ0) is 16.5. The molecule has 8 heteroatoms. The van der Waals surface area contributed by atoms with Gasteiger partial charge in [0.25, 0.3) is 0 Å². The van der Waals surface area contributed by atoms with Crippen molar-refractivity contribution in [3.05, 3.63) is 59.2 Å². The molecule has 2 aromatic rings. The molecule has 1 N–H and O–H groups in total. The van der Waals surface area contributed by atoms with Crippen LogP contribution in [0.25, 0.3) is 0 Å². The van der Waals surface area contributed by atoms with Crippen LogP contribution >= 0.6 is 0 Å². The van der Waals surface area contributed by atoms with Crippen LogP contribution in [0.15, 0.2) is 41.3 Å². The predicted molar refractivity (Wildman–Crippen MR) is 72.3 cm³/mol. The zero-order valence-corrected chi connectivity index (χ0v) is 12.0. The first kappa shape index (κ1) is 15.9. The quantitative estimate of drug-likeness (QED) is 0.873. The van der Waals surface area contributed by atoms with Crippen LogP contribution in [0.4, 0.5) is 8.78 Å². The largest absolute Gasteiger partial charge is 0.477 e. The van der Waals surface area contributed by atoms with E-state index in [1.807, 2.05) is 0 Å². The maximum absolute atomic E-state index is 13.5. The molecule has 0 amide bonds. The monoisotopic (exact) mass is 328 g/mol. The van der Waals surface area contributed by atoms with E-state index < -0.39 is 39.0 Å². The third kappa shape index (κ3) is 3.22. The number of halogens is 2. The standard InChI is InChI=1S/C14H10F2O5S/c1-8-2-4-10(5-3-8)22(19,20)21-12-7-9(15)6-11(16)13(12)14(17)18/h2-7H,1H3,(H,17,18). The maximum atomic E-state index is 13.5. The van der Waals surface area contributed by atoms with Crippen molar-refractivity contribution in [1.29, 1.82) is 0 Å². The van der Waals surface area contributed by atoms with E-state index in [9.17, 15) is 22.0 Å². The highest BCUT2D eigenvalue weighted by atomic mass is 32.2. The number of rotatable bonds is 4. The minimum absolute atomic E-state index is 0.265. The van der Waals surface area contributed by atoms with Crippen LogP contribution in [0, 0.1) is 18.6 Å². The number of carboxylic acid groups (broad SMARTS) is 1. The van der Waals surface area contributed by atoms with E-state index in [0.29, 0.717) is 12.1 Å². The summed E-state index contributed by atoms with van der Waals surface area (Å²) in [5.74, 6) is -5.28. The second-order valence-corrected chi connectivity index (χ2v) is 5.96. The van der Waals surface area contributed by atoms with Crippen LogP contribution in [0.3, 0.4) is 0 Å². The number of hydrogen-bond donors (Lipinski definition) is 1. The second kappa shape index (κ2) is 5.72. The Labute approximate surface area is 124 Å². The van der Waals surface area contributed by atoms with E-state index >= 15 is 0 Å². The van der Waals surface area contributed by atoms with Gasteiger partial charge < -0.3 is 9.29 Å². The summed E-state index contributed by atoms with van der Waals surface area (Å²) in [5, 5.41) is 8.90. The molecule has 0 saturated carbocycles. The molecule has 5 nitrogen and oxygen atoms in total. The van der Waals surface area contributed by atoms with Crippen molar-refractivity contribution in [2.75, 3.05) is 0 Å². The lowest BCUT2D eigenvalue weighted by atomic mass is 10.2. The molecule has 0 atom stereocenters. The Kier molecular flexibility index (Phi) is 4.14. The summed E-state index contributed by atoms with van der Waals surface area (Å²) in [7, 11) is -4.42. The maximum Gasteiger partial charge on any atom is 0.342 e. The van der Waals surface area contributed by atoms with Gasteiger partial charge in [-0.2, -0.15) is 8.42 Å². The summed E-state index contributed by atoms with van der Waals surface area (Å²) in [6.07, 6.45) is 0. The molecule has 2 aromatic carbocycles. The summed E-state index contributed by atoms with van der Waals surface area (Å²) >= 11 is 0. The van der Waals surface area contributed by atoms with Gasteiger partial charge >= 0.3 is 16.1 Å². The summed E-state index contributed by atoms with van der Waals surface area (Å²) in [5.41, 5.74) is -0.265. The van der Waals surface area contributed by atoms with E-state index in [2.05, 4.69) is 4.18 Å². The van der Waals surface area contributed by atoms with Crippen LogP contribution in [0.1, 0.15) is 15.9 Å². The van der Waals surface area contributed by atoms with Crippen molar-refractivity contribution >= 4 is 16.1 Å². The van der Waals surface area contributed by atoms with Crippen LogP contribution in [0.2, 0.25) is 0 Å². The minimum Gasteiger partial charge on any atom is -0.477 e.